The molecule has 0 aromatic heterocycles. The van der Waals surface area contributed by atoms with Crippen molar-refractivity contribution in [1.82, 2.24) is 5.32 Å². The maximum atomic E-state index is 11.2. The highest BCUT2D eigenvalue weighted by Gasteiger charge is 2.15. The van der Waals surface area contributed by atoms with Crippen molar-refractivity contribution in [2.75, 3.05) is 31.6 Å². The third kappa shape index (κ3) is 3.92. The summed E-state index contributed by atoms with van der Waals surface area (Å²) in [5, 5.41) is 23.6. The van der Waals surface area contributed by atoms with Gasteiger partial charge in [-0.2, -0.15) is 0 Å². The van der Waals surface area contributed by atoms with Gasteiger partial charge in [-0.25, -0.2) is 0 Å². The summed E-state index contributed by atoms with van der Waals surface area (Å²) < 4.78 is 5.27. The quantitative estimate of drug-likeness (QED) is 0.521. The van der Waals surface area contributed by atoms with Crippen molar-refractivity contribution in [1.29, 1.82) is 0 Å². The van der Waals surface area contributed by atoms with E-state index in [4.69, 9.17) is 14.9 Å². The Labute approximate surface area is 111 Å². The summed E-state index contributed by atoms with van der Waals surface area (Å²) in [5.41, 5.74) is 1.76. The topological polar surface area (TPSA) is 90.8 Å². The molecule has 0 aliphatic carbocycles. The van der Waals surface area contributed by atoms with Gasteiger partial charge < -0.3 is 25.6 Å². The van der Waals surface area contributed by atoms with Crippen molar-refractivity contribution in [3.8, 4) is 5.75 Å². The van der Waals surface area contributed by atoms with Crippen LogP contribution in [-0.4, -0.2) is 48.5 Å². The first-order valence-corrected chi connectivity index (χ1v) is 6.24. The fraction of sp³-hybridized carbons (Fsp3) is 0.462. The van der Waals surface area contributed by atoms with E-state index in [-0.39, 0.29) is 19.1 Å². The lowest BCUT2D eigenvalue weighted by molar-refractivity contribution is -0.118. The second kappa shape index (κ2) is 6.51. The van der Waals surface area contributed by atoms with Gasteiger partial charge in [0.1, 0.15) is 5.75 Å². The van der Waals surface area contributed by atoms with Crippen LogP contribution in [0.15, 0.2) is 18.2 Å². The summed E-state index contributed by atoms with van der Waals surface area (Å²) in [5.74, 6) is 0.542. The molecule has 1 heterocycles. The number of ether oxygens (including phenoxy) is 1. The third-order valence-electron chi connectivity index (χ3n) is 2.86. The van der Waals surface area contributed by atoms with Crippen LogP contribution in [-0.2, 0) is 11.2 Å². The standard InChI is InChI=1S/C13H18N2O4/c16-7-10(17)6-14-4-3-9-1-2-12-11(5-9)15-13(18)8-19-12/h1-2,5,10,14,16-17H,3-4,6-8H2,(H,15,18). The summed E-state index contributed by atoms with van der Waals surface area (Å²) in [6.07, 6.45) is 0.0395. The van der Waals surface area contributed by atoms with Gasteiger partial charge in [0.05, 0.1) is 18.4 Å². The fourth-order valence-corrected chi connectivity index (χ4v) is 1.85. The molecule has 0 bridgehead atoms. The zero-order valence-corrected chi connectivity index (χ0v) is 10.6. The number of amides is 1. The predicted octanol–water partition coefficient (Wildman–Crippen LogP) is -0.497. The molecule has 1 aliphatic heterocycles. The van der Waals surface area contributed by atoms with E-state index in [1.165, 1.54) is 0 Å². The van der Waals surface area contributed by atoms with Crippen LogP contribution >= 0.6 is 0 Å². The van der Waals surface area contributed by atoms with E-state index in [0.717, 1.165) is 12.0 Å². The number of aliphatic hydroxyl groups excluding tert-OH is 2. The molecule has 104 valence electrons. The summed E-state index contributed by atoms with van der Waals surface area (Å²) >= 11 is 0. The summed E-state index contributed by atoms with van der Waals surface area (Å²) in [7, 11) is 0. The molecule has 1 atom stereocenters. The molecule has 6 nitrogen and oxygen atoms in total. The molecule has 0 saturated carbocycles. The van der Waals surface area contributed by atoms with Gasteiger partial charge in [-0.05, 0) is 30.7 Å². The van der Waals surface area contributed by atoms with E-state index < -0.39 is 6.10 Å². The monoisotopic (exact) mass is 266 g/mol. The van der Waals surface area contributed by atoms with Crippen molar-refractivity contribution in [3.05, 3.63) is 23.8 Å². The SMILES string of the molecule is O=C1COc2ccc(CCNCC(O)CO)cc2N1. The van der Waals surface area contributed by atoms with Crippen LogP contribution in [0.5, 0.6) is 5.75 Å². The predicted molar refractivity (Wildman–Crippen MR) is 70.2 cm³/mol. The minimum Gasteiger partial charge on any atom is -0.482 e. The van der Waals surface area contributed by atoms with Crippen molar-refractivity contribution in [3.63, 3.8) is 0 Å². The Bertz CT molecular complexity index is 450. The van der Waals surface area contributed by atoms with Gasteiger partial charge in [-0.1, -0.05) is 6.07 Å². The van der Waals surface area contributed by atoms with Crippen LogP contribution in [0.25, 0.3) is 0 Å². The number of benzene rings is 1. The number of hydrogen-bond donors (Lipinski definition) is 4. The molecule has 1 aromatic carbocycles. The van der Waals surface area contributed by atoms with Gasteiger partial charge in [0, 0.05) is 6.54 Å². The molecule has 1 aliphatic rings. The molecule has 6 heteroatoms. The number of carbonyl (C=O) groups is 1. The Hall–Kier alpha value is -1.63. The molecular formula is C13H18N2O4. The highest BCUT2D eigenvalue weighted by molar-refractivity contribution is 5.95. The van der Waals surface area contributed by atoms with Crippen molar-refractivity contribution in [2.45, 2.75) is 12.5 Å². The molecule has 1 amide bonds. The average molecular weight is 266 g/mol. The maximum absolute atomic E-state index is 11.2. The third-order valence-corrected chi connectivity index (χ3v) is 2.86. The van der Waals surface area contributed by atoms with E-state index in [0.29, 0.717) is 24.5 Å². The molecule has 4 N–H and O–H groups in total. The molecule has 0 spiro atoms. The summed E-state index contributed by atoms with van der Waals surface area (Å²) in [6, 6.07) is 5.67. The Morgan fingerprint density at radius 2 is 2.32 bits per heavy atom. The fourth-order valence-electron chi connectivity index (χ4n) is 1.85. The molecule has 0 fully saturated rings. The number of carbonyl (C=O) groups excluding carboxylic acids is 1. The lowest BCUT2D eigenvalue weighted by atomic mass is 10.1. The van der Waals surface area contributed by atoms with Crippen LogP contribution in [0.1, 0.15) is 5.56 Å². The van der Waals surface area contributed by atoms with E-state index in [2.05, 4.69) is 10.6 Å². The van der Waals surface area contributed by atoms with Gasteiger partial charge in [0.2, 0.25) is 0 Å². The second-order valence-corrected chi connectivity index (χ2v) is 4.46. The first kappa shape index (κ1) is 13.8. The Morgan fingerprint density at radius 3 is 3.11 bits per heavy atom. The largest absolute Gasteiger partial charge is 0.482 e. The number of hydrogen-bond acceptors (Lipinski definition) is 5. The highest BCUT2D eigenvalue weighted by atomic mass is 16.5. The van der Waals surface area contributed by atoms with Crippen LogP contribution < -0.4 is 15.4 Å². The van der Waals surface area contributed by atoms with Crippen molar-refractivity contribution < 1.29 is 19.7 Å². The molecule has 19 heavy (non-hydrogen) atoms. The lowest BCUT2D eigenvalue weighted by Gasteiger charge is -2.18. The van der Waals surface area contributed by atoms with Gasteiger partial charge >= 0.3 is 0 Å². The van der Waals surface area contributed by atoms with Crippen LogP contribution in [0.2, 0.25) is 0 Å². The average Bonchev–Trinajstić information content (AvgIpc) is 2.42. The van der Waals surface area contributed by atoms with E-state index in [1.807, 2.05) is 18.2 Å². The zero-order valence-electron chi connectivity index (χ0n) is 10.6. The second-order valence-electron chi connectivity index (χ2n) is 4.46. The van der Waals surface area contributed by atoms with E-state index in [1.54, 1.807) is 0 Å². The van der Waals surface area contributed by atoms with Crippen molar-refractivity contribution >= 4 is 11.6 Å². The summed E-state index contributed by atoms with van der Waals surface area (Å²) in [6.45, 7) is 0.869. The maximum Gasteiger partial charge on any atom is 0.262 e. The molecule has 0 saturated heterocycles. The first-order valence-electron chi connectivity index (χ1n) is 6.24. The molecule has 1 unspecified atom stereocenters. The van der Waals surface area contributed by atoms with Gasteiger partial charge in [-0.3, -0.25) is 4.79 Å². The Morgan fingerprint density at radius 1 is 1.47 bits per heavy atom. The minimum absolute atomic E-state index is 0.0625. The number of nitrogens with one attached hydrogen (secondary N) is 2. The lowest BCUT2D eigenvalue weighted by Crippen LogP contribution is -2.30. The zero-order chi connectivity index (χ0) is 13.7. The number of anilines is 1. The summed E-state index contributed by atoms with van der Waals surface area (Å²) in [4.78, 5) is 11.2. The molecule has 2 rings (SSSR count). The van der Waals surface area contributed by atoms with E-state index in [9.17, 15) is 4.79 Å². The van der Waals surface area contributed by atoms with Crippen LogP contribution in [0.3, 0.4) is 0 Å². The van der Waals surface area contributed by atoms with Gasteiger partial charge in [0.25, 0.3) is 5.91 Å². The van der Waals surface area contributed by atoms with E-state index >= 15 is 0 Å². The highest BCUT2D eigenvalue weighted by Crippen LogP contribution is 2.28. The molecule has 1 aromatic rings. The molecular weight excluding hydrogens is 248 g/mol. The van der Waals surface area contributed by atoms with Crippen molar-refractivity contribution in [2.24, 2.45) is 0 Å². The Kier molecular flexibility index (Phi) is 4.73. The van der Waals surface area contributed by atoms with Crippen LogP contribution in [0.4, 0.5) is 5.69 Å². The minimum atomic E-state index is -0.726. The normalized spacial score (nSPS) is 15.4. The van der Waals surface area contributed by atoms with Gasteiger partial charge in [-0.15, -0.1) is 0 Å². The number of fused-ring (bicyclic) bond motifs is 1. The Balaban J connectivity index is 1.84. The van der Waals surface area contributed by atoms with Crippen LogP contribution in [0, 0.1) is 0 Å². The smallest absolute Gasteiger partial charge is 0.262 e. The van der Waals surface area contributed by atoms with Gasteiger partial charge in [0.15, 0.2) is 6.61 Å². The first-order chi connectivity index (χ1) is 9.19. The number of rotatable bonds is 6. The molecule has 0 radical (unpaired) electrons. The number of aliphatic hydroxyl groups is 2.